The third kappa shape index (κ3) is 2.89. The zero-order valence-electron chi connectivity index (χ0n) is 10.2. The first-order valence-electron chi connectivity index (χ1n) is 6.20. The lowest BCUT2D eigenvalue weighted by Crippen LogP contribution is -2.33. The van der Waals surface area contributed by atoms with Crippen LogP contribution >= 0.6 is 15.9 Å². The fourth-order valence-corrected chi connectivity index (χ4v) is 2.94. The minimum absolute atomic E-state index is 0.580. The zero-order valence-corrected chi connectivity index (χ0v) is 11.7. The van der Waals surface area contributed by atoms with Crippen LogP contribution in [0.4, 0.5) is 5.69 Å². The Morgan fingerprint density at radius 2 is 2.00 bits per heavy atom. The van der Waals surface area contributed by atoms with Gasteiger partial charge in [-0.05, 0) is 31.0 Å². The van der Waals surface area contributed by atoms with Gasteiger partial charge in [-0.1, -0.05) is 35.2 Å². The third-order valence-corrected chi connectivity index (χ3v) is 4.12. The van der Waals surface area contributed by atoms with Crippen LogP contribution in [0.5, 0.6) is 0 Å². The van der Waals surface area contributed by atoms with Crippen LogP contribution in [-0.2, 0) is 0 Å². The molecule has 0 aliphatic heterocycles. The first-order chi connectivity index (χ1) is 8.22. The van der Waals surface area contributed by atoms with Crippen LogP contribution in [0.3, 0.4) is 0 Å². The van der Waals surface area contributed by atoms with Crippen molar-refractivity contribution < 1.29 is 4.79 Å². The summed E-state index contributed by atoms with van der Waals surface area (Å²) in [6.45, 7) is 0. The molecule has 0 heterocycles. The summed E-state index contributed by atoms with van der Waals surface area (Å²) in [7, 11) is 2.10. The van der Waals surface area contributed by atoms with Crippen LogP contribution in [0.15, 0.2) is 22.7 Å². The number of halogens is 1. The summed E-state index contributed by atoms with van der Waals surface area (Å²) in [5, 5.41) is 0. The van der Waals surface area contributed by atoms with Gasteiger partial charge >= 0.3 is 0 Å². The molecule has 1 saturated carbocycles. The molecule has 1 aromatic rings. The number of hydrogen-bond acceptors (Lipinski definition) is 2. The van der Waals surface area contributed by atoms with Crippen molar-refractivity contribution in [1.29, 1.82) is 0 Å². The van der Waals surface area contributed by atoms with Gasteiger partial charge in [-0.25, -0.2) is 0 Å². The van der Waals surface area contributed by atoms with Crippen molar-refractivity contribution in [2.75, 3.05) is 11.9 Å². The highest BCUT2D eigenvalue weighted by Crippen LogP contribution is 2.29. The van der Waals surface area contributed by atoms with Gasteiger partial charge in [0.15, 0.2) is 6.29 Å². The van der Waals surface area contributed by atoms with E-state index in [1.807, 2.05) is 18.2 Å². The molecule has 92 valence electrons. The molecule has 0 radical (unpaired) electrons. The summed E-state index contributed by atoms with van der Waals surface area (Å²) < 4.78 is 1.03. The van der Waals surface area contributed by atoms with Crippen molar-refractivity contribution >= 4 is 27.9 Å². The van der Waals surface area contributed by atoms with E-state index in [4.69, 9.17) is 0 Å². The predicted molar refractivity (Wildman–Crippen MR) is 74.8 cm³/mol. The second-order valence-corrected chi connectivity index (χ2v) is 5.64. The molecule has 0 amide bonds. The molecule has 0 unspecified atom stereocenters. The van der Waals surface area contributed by atoms with E-state index < -0.39 is 0 Å². The van der Waals surface area contributed by atoms with Crippen LogP contribution in [-0.4, -0.2) is 19.4 Å². The first kappa shape index (κ1) is 12.6. The highest BCUT2D eigenvalue weighted by atomic mass is 79.9. The van der Waals surface area contributed by atoms with Crippen molar-refractivity contribution in [2.24, 2.45) is 0 Å². The quantitative estimate of drug-likeness (QED) is 0.785. The number of aldehydes is 1. The molecule has 0 N–H and O–H groups in total. The molecule has 2 rings (SSSR count). The molecular formula is C14H18BrNO. The lowest BCUT2D eigenvalue weighted by atomic mass is 9.94. The van der Waals surface area contributed by atoms with Crippen molar-refractivity contribution in [1.82, 2.24) is 0 Å². The second-order valence-electron chi connectivity index (χ2n) is 4.72. The summed E-state index contributed by atoms with van der Waals surface area (Å²) >= 11 is 3.48. The van der Waals surface area contributed by atoms with Gasteiger partial charge in [0.1, 0.15) is 0 Å². The maximum Gasteiger partial charge on any atom is 0.152 e. The monoisotopic (exact) mass is 295 g/mol. The van der Waals surface area contributed by atoms with Crippen molar-refractivity contribution in [2.45, 2.75) is 38.1 Å². The summed E-state index contributed by atoms with van der Waals surface area (Å²) in [5.41, 5.74) is 1.82. The van der Waals surface area contributed by atoms with Crippen LogP contribution in [0, 0.1) is 0 Å². The molecule has 3 heteroatoms. The van der Waals surface area contributed by atoms with Gasteiger partial charge in [0.2, 0.25) is 0 Å². The number of hydrogen-bond donors (Lipinski definition) is 0. The van der Waals surface area contributed by atoms with Gasteiger partial charge in [0.25, 0.3) is 0 Å². The topological polar surface area (TPSA) is 20.3 Å². The molecule has 0 bridgehead atoms. The van der Waals surface area contributed by atoms with E-state index in [2.05, 4.69) is 27.9 Å². The summed E-state index contributed by atoms with van der Waals surface area (Å²) in [5.74, 6) is 0. The molecule has 2 nitrogen and oxygen atoms in total. The van der Waals surface area contributed by atoms with Crippen LogP contribution in [0.1, 0.15) is 42.5 Å². The predicted octanol–water partition coefficient (Wildman–Crippen LogP) is 4.03. The summed E-state index contributed by atoms with van der Waals surface area (Å²) in [6.07, 6.45) is 7.38. The Kier molecular flexibility index (Phi) is 4.21. The second kappa shape index (κ2) is 5.67. The fourth-order valence-electron chi connectivity index (χ4n) is 2.59. The average Bonchev–Trinajstić information content (AvgIpc) is 2.39. The number of rotatable bonds is 3. The van der Waals surface area contributed by atoms with Gasteiger partial charge in [-0.3, -0.25) is 4.79 Å². The average molecular weight is 296 g/mol. The molecule has 0 saturated heterocycles. The Bertz CT molecular complexity index is 399. The number of nitrogens with zero attached hydrogens (tertiary/aromatic N) is 1. The van der Waals surface area contributed by atoms with E-state index in [0.717, 1.165) is 22.0 Å². The smallest absolute Gasteiger partial charge is 0.152 e. The van der Waals surface area contributed by atoms with Crippen LogP contribution < -0.4 is 4.90 Å². The molecular weight excluding hydrogens is 278 g/mol. The summed E-state index contributed by atoms with van der Waals surface area (Å²) in [6, 6.07) is 6.42. The van der Waals surface area contributed by atoms with Crippen molar-refractivity contribution in [3.8, 4) is 0 Å². The number of benzene rings is 1. The minimum atomic E-state index is 0.580. The van der Waals surface area contributed by atoms with Gasteiger partial charge in [-0.2, -0.15) is 0 Å². The number of carbonyl (C=O) groups is 1. The molecule has 17 heavy (non-hydrogen) atoms. The Labute approximate surface area is 111 Å². The highest BCUT2D eigenvalue weighted by molar-refractivity contribution is 9.10. The van der Waals surface area contributed by atoms with E-state index in [9.17, 15) is 4.79 Å². The van der Waals surface area contributed by atoms with E-state index in [1.54, 1.807) is 0 Å². The maximum atomic E-state index is 11.1. The fraction of sp³-hybridized carbons (Fsp3) is 0.500. The Balaban J connectivity index is 2.24. The first-order valence-corrected chi connectivity index (χ1v) is 6.99. The van der Waals surface area contributed by atoms with Gasteiger partial charge < -0.3 is 4.90 Å². The molecule has 1 aliphatic carbocycles. The van der Waals surface area contributed by atoms with E-state index in [0.29, 0.717) is 6.04 Å². The Hall–Kier alpha value is -0.830. The van der Waals surface area contributed by atoms with E-state index in [-0.39, 0.29) is 0 Å². The number of anilines is 1. The van der Waals surface area contributed by atoms with Gasteiger partial charge in [0, 0.05) is 28.8 Å². The molecule has 1 aliphatic rings. The normalized spacial score (nSPS) is 16.8. The standard InChI is InChI=1S/C14H18BrNO/c1-16(13-5-3-2-4-6-13)14-9-12(15)8-7-11(14)10-17/h7-10,13H,2-6H2,1H3. The Morgan fingerprint density at radius 3 is 2.65 bits per heavy atom. The Morgan fingerprint density at radius 1 is 1.29 bits per heavy atom. The molecule has 0 aromatic heterocycles. The van der Waals surface area contributed by atoms with Crippen LogP contribution in [0.25, 0.3) is 0 Å². The SMILES string of the molecule is CN(c1cc(Br)ccc1C=O)C1CCCCC1. The lowest BCUT2D eigenvalue weighted by Gasteiger charge is -2.33. The van der Waals surface area contributed by atoms with Crippen LogP contribution in [0.2, 0.25) is 0 Å². The van der Waals surface area contributed by atoms with Crippen molar-refractivity contribution in [3.05, 3.63) is 28.2 Å². The molecule has 1 fully saturated rings. The molecule has 0 atom stereocenters. The number of carbonyl (C=O) groups excluding carboxylic acids is 1. The van der Waals surface area contributed by atoms with Gasteiger partial charge in [0.05, 0.1) is 0 Å². The van der Waals surface area contributed by atoms with Crippen molar-refractivity contribution in [3.63, 3.8) is 0 Å². The van der Waals surface area contributed by atoms with E-state index >= 15 is 0 Å². The maximum absolute atomic E-state index is 11.1. The van der Waals surface area contributed by atoms with Gasteiger partial charge in [-0.15, -0.1) is 0 Å². The largest absolute Gasteiger partial charge is 0.371 e. The molecule has 1 aromatic carbocycles. The minimum Gasteiger partial charge on any atom is -0.371 e. The zero-order chi connectivity index (χ0) is 12.3. The summed E-state index contributed by atoms with van der Waals surface area (Å²) in [4.78, 5) is 13.4. The van der Waals surface area contributed by atoms with E-state index in [1.165, 1.54) is 32.1 Å². The lowest BCUT2D eigenvalue weighted by molar-refractivity contribution is 0.112. The third-order valence-electron chi connectivity index (χ3n) is 3.62. The molecule has 0 spiro atoms. The highest BCUT2D eigenvalue weighted by Gasteiger charge is 2.20.